The molecule has 152 valence electrons. The van der Waals surface area contributed by atoms with E-state index in [2.05, 4.69) is 20.7 Å². The third-order valence-corrected chi connectivity index (χ3v) is 3.56. The molecular formula is C15H26IN7O4. The molecule has 11 nitrogen and oxygen atoms in total. The first-order chi connectivity index (χ1) is 12.2. The van der Waals surface area contributed by atoms with Crippen LogP contribution in [0.4, 0.5) is 10.5 Å². The van der Waals surface area contributed by atoms with Crippen LogP contribution in [0.3, 0.4) is 0 Å². The summed E-state index contributed by atoms with van der Waals surface area (Å²) in [5.74, 6) is 0.598. The van der Waals surface area contributed by atoms with Gasteiger partial charge in [-0.15, -0.1) is 24.0 Å². The van der Waals surface area contributed by atoms with E-state index in [0.717, 1.165) is 0 Å². The molecule has 0 radical (unpaired) electrons. The molecule has 0 spiro atoms. The highest BCUT2D eigenvalue weighted by atomic mass is 127. The fourth-order valence-electron chi connectivity index (χ4n) is 2.29. The van der Waals surface area contributed by atoms with Crippen molar-refractivity contribution in [3.63, 3.8) is 0 Å². The number of carbonyl (C=O) groups is 1. The Bertz CT molecular complexity index is 680. The molecule has 27 heavy (non-hydrogen) atoms. The predicted octanol–water partition coefficient (Wildman–Crippen LogP) is 1.19. The van der Waals surface area contributed by atoms with Gasteiger partial charge in [-0.05, 0) is 20.8 Å². The van der Waals surface area contributed by atoms with Gasteiger partial charge >= 0.3 is 11.8 Å². The molecule has 0 unspecified atom stereocenters. The van der Waals surface area contributed by atoms with Crippen LogP contribution in [0, 0.1) is 10.1 Å². The van der Waals surface area contributed by atoms with Crippen LogP contribution in [-0.4, -0.2) is 70.0 Å². The minimum Gasteiger partial charge on any atom is -0.444 e. The van der Waals surface area contributed by atoms with Crippen LogP contribution in [0.2, 0.25) is 0 Å². The standard InChI is InChI=1S/C15H25N7O4.HI/c1-15(2,3)26-14(23)20-8-11(9-20)19-13(16-4)17-5-6-21-10-12(7-18-21)22(24)25;/h7,10-11H,5-6,8-9H2,1-4H3,(H2,16,17,19);1H. The van der Waals surface area contributed by atoms with Gasteiger partial charge in [-0.1, -0.05) is 0 Å². The van der Waals surface area contributed by atoms with Crippen LogP contribution in [0.25, 0.3) is 0 Å². The number of nitrogens with zero attached hydrogens (tertiary/aromatic N) is 5. The van der Waals surface area contributed by atoms with Gasteiger partial charge in [0.2, 0.25) is 0 Å². The van der Waals surface area contributed by atoms with Crippen LogP contribution < -0.4 is 10.6 Å². The second-order valence-corrected chi connectivity index (χ2v) is 6.94. The fourth-order valence-corrected chi connectivity index (χ4v) is 2.29. The van der Waals surface area contributed by atoms with Crippen molar-refractivity contribution in [2.45, 2.75) is 39.0 Å². The number of aliphatic imine (C=N–C) groups is 1. The van der Waals surface area contributed by atoms with Crippen molar-refractivity contribution in [3.8, 4) is 0 Å². The summed E-state index contributed by atoms with van der Waals surface area (Å²) >= 11 is 0. The van der Waals surface area contributed by atoms with Gasteiger partial charge in [0.05, 0.1) is 17.5 Å². The maximum atomic E-state index is 11.9. The summed E-state index contributed by atoms with van der Waals surface area (Å²) in [4.78, 5) is 27.8. The molecule has 12 heteroatoms. The van der Waals surface area contributed by atoms with Crippen LogP contribution in [-0.2, 0) is 11.3 Å². The summed E-state index contributed by atoms with van der Waals surface area (Å²) in [5, 5.41) is 20.9. The molecule has 0 saturated carbocycles. The van der Waals surface area contributed by atoms with E-state index in [0.29, 0.717) is 32.1 Å². The van der Waals surface area contributed by atoms with E-state index in [9.17, 15) is 14.9 Å². The molecule has 2 rings (SSSR count). The molecule has 1 amide bonds. The molecular weight excluding hydrogens is 469 g/mol. The lowest BCUT2D eigenvalue weighted by molar-refractivity contribution is -0.385. The maximum absolute atomic E-state index is 11.9. The molecule has 2 N–H and O–H groups in total. The zero-order valence-electron chi connectivity index (χ0n) is 15.8. The zero-order valence-corrected chi connectivity index (χ0v) is 18.2. The lowest BCUT2D eigenvalue weighted by atomic mass is 10.1. The van der Waals surface area contributed by atoms with Gasteiger partial charge < -0.3 is 20.3 Å². The lowest BCUT2D eigenvalue weighted by Gasteiger charge is -2.40. The molecule has 2 heterocycles. The Morgan fingerprint density at radius 1 is 1.48 bits per heavy atom. The number of nitro groups is 1. The number of aromatic nitrogens is 2. The second-order valence-electron chi connectivity index (χ2n) is 6.94. The Labute approximate surface area is 174 Å². The summed E-state index contributed by atoms with van der Waals surface area (Å²) < 4.78 is 6.80. The van der Waals surface area contributed by atoms with Crippen molar-refractivity contribution in [1.82, 2.24) is 25.3 Å². The van der Waals surface area contributed by atoms with E-state index in [4.69, 9.17) is 4.74 Å². The highest BCUT2D eigenvalue weighted by Gasteiger charge is 2.34. The summed E-state index contributed by atoms with van der Waals surface area (Å²) in [5.41, 5.74) is -0.543. The summed E-state index contributed by atoms with van der Waals surface area (Å²) in [6.07, 6.45) is 2.27. The van der Waals surface area contributed by atoms with Crippen LogP contribution in [0.5, 0.6) is 0 Å². The summed E-state index contributed by atoms with van der Waals surface area (Å²) in [7, 11) is 1.65. The number of guanidine groups is 1. The molecule has 0 aromatic carbocycles. The number of hydrogen-bond acceptors (Lipinski definition) is 6. The largest absolute Gasteiger partial charge is 0.444 e. The molecule has 0 aliphatic carbocycles. The smallest absolute Gasteiger partial charge is 0.410 e. The molecule has 1 fully saturated rings. The number of ether oxygens (including phenoxy) is 1. The quantitative estimate of drug-likeness (QED) is 0.207. The topological polar surface area (TPSA) is 127 Å². The van der Waals surface area contributed by atoms with E-state index in [1.807, 2.05) is 20.8 Å². The van der Waals surface area contributed by atoms with Crippen LogP contribution >= 0.6 is 24.0 Å². The van der Waals surface area contributed by atoms with Gasteiger partial charge in [0.15, 0.2) is 5.96 Å². The normalized spacial score (nSPS) is 14.8. The SMILES string of the molecule is CN=C(NCCn1cc([N+](=O)[O-])cn1)NC1CN(C(=O)OC(C)(C)C)C1.I. The van der Waals surface area contributed by atoms with E-state index in [-0.39, 0.29) is 41.8 Å². The van der Waals surface area contributed by atoms with Gasteiger partial charge in [-0.2, -0.15) is 5.10 Å². The molecule has 1 aliphatic heterocycles. The Morgan fingerprint density at radius 2 is 2.15 bits per heavy atom. The van der Waals surface area contributed by atoms with Crippen molar-refractivity contribution in [2.24, 2.45) is 4.99 Å². The Balaban J connectivity index is 0.00000364. The van der Waals surface area contributed by atoms with E-state index in [1.165, 1.54) is 17.1 Å². The fraction of sp³-hybridized carbons (Fsp3) is 0.667. The highest BCUT2D eigenvalue weighted by molar-refractivity contribution is 14.0. The first-order valence-corrected chi connectivity index (χ1v) is 8.30. The van der Waals surface area contributed by atoms with Crippen molar-refractivity contribution < 1.29 is 14.5 Å². The number of carbonyl (C=O) groups excluding carboxylic acids is 1. The first-order valence-electron chi connectivity index (χ1n) is 8.30. The average molecular weight is 495 g/mol. The lowest BCUT2D eigenvalue weighted by Crippen LogP contribution is -2.63. The first kappa shape index (κ1) is 22.9. The Kier molecular flexibility index (Phi) is 8.24. The number of hydrogen-bond donors (Lipinski definition) is 2. The molecule has 1 aromatic heterocycles. The number of rotatable bonds is 5. The van der Waals surface area contributed by atoms with Gasteiger partial charge in [-0.25, -0.2) is 4.79 Å². The van der Waals surface area contributed by atoms with Crippen molar-refractivity contribution in [1.29, 1.82) is 0 Å². The van der Waals surface area contributed by atoms with Crippen LogP contribution in [0.1, 0.15) is 20.8 Å². The zero-order chi connectivity index (χ0) is 19.3. The monoisotopic (exact) mass is 495 g/mol. The van der Waals surface area contributed by atoms with Gasteiger partial charge in [0.25, 0.3) is 0 Å². The van der Waals surface area contributed by atoms with E-state index in [1.54, 1.807) is 11.9 Å². The van der Waals surface area contributed by atoms with Crippen molar-refractivity contribution >= 4 is 41.7 Å². The molecule has 0 bridgehead atoms. The highest BCUT2D eigenvalue weighted by Crippen LogP contribution is 2.15. The second kappa shape index (κ2) is 9.71. The van der Waals surface area contributed by atoms with Gasteiger partial charge in [-0.3, -0.25) is 19.8 Å². The van der Waals surface area contributed by atoms with Crippen LogP contribution in [0.15, 0.2) is 17.4 Å². The molecule has 1 aromatic rings. The molecule has 1 saturated heterocycles. The third-order valence-electron chi connectivity index (χ3n) is 3.56. The van der Waals surface area contributed by atoms with Gasteiger partial charge in [0.1, 0.15) is 18.0 Å². The maximum Gasteiger partial charge on any atom is 0.410 e. The Morgan fingerprint density at radius 3 is 2.67 bits per heavy atom. The Hall–Kier alpha value is -2.12. The number of nitrogens with one attached hydrogen (secondary N) is 2. The number of halogens is 1. The summed E-state index contributed by atoms with van der Waals surface area (Å²) in [6.45, 7) is 7.55. The van der Waals surface area contributed by atoms with Crippen molar-refractivity contribution in [2.75, 3.05) is 26.7 Å². The van der Waals surface area contributed by atoms with Gasteiger partial charge in [0, 0.05) is 26.7 Å². The minimum atomic E-state index is -0.505. The molecule has 0 atom stereocenters. The number of likely N-dealkylation sites (tertiary alicyclic amines) is 1. The average Bonchev–Trinajstić information content (AvgIpc) is 2.95. The number of amides is 1. The third kappa shape index (κ3) is 7.19. The van der Waals surface area contributed by atoms with E-state index < -0.39 is 10.5 Å². The van der Waals surface area contributed by atoms with E-state index >= 15 is 0 Å². The summed E-state index contributed by atoms with van der Waals surface area (Å²) in [6, 6.07) is 0.0968. The predicted molar refractivity (Wildman–Crippen MR) is 110 cm³/mol. The van der Waals surface area contributed by atoms with Crippen molar-refractivity contribution in [3.05, 3.63) is 22.5 Å². The molecule has 1 aliphatic rings. The minimum absolute atomic E-state index is 0.